The second-order valence-electron chi connectivity index (χ2n) is 4.65. The molecule has 1 aromatic heterocycles. The molecule has 23 heavy (non-hydrogen) atoms. The Labute approximate surface area is 132 Å². The summed E-state index contributed by atoms with van der Waals surface area (Å²) in [4.78, 5) is 10.9. The van der Waals surface area contributed by atoms with E-state index < -0.39 is 23.0 Å². The number of para-hydroxylation sites is 1. The Kier molecular flexibility index (Phi) is 3.77. The molecule has 1 atom stereocenters. The molecule has 1 heterocycles. The zero-order valence-corrected chi connectivity index (χ0v) is 12.4. The number of carboxylic acid groups (broad SMARTS) is 1. The zero-order valence-electron chi connectivity index (χ0n) is 11.5. The van der Waals surface area contributed by atoms with Gasteiger partial charge in [-0.3, -0.25) is 4.55 Å². The zero-order chi connectivity index (χ0) is 16.6. The Morgan fingerprint density at radius 3 is 2.48 bits per heavy atom. The lowest BCUT2D eigenvalue weighted by Crippen LogP contribution is -2.18. The van der Waals surface area contributed by atoms with Crippen molar-refractivity contribution in [2.75, 3.05) is 4.31 Å². The number of aromatic carboxylic acids is 1. The molecule has 0 saturated heterocycles. The predicted molar refractivity (Wildman–Crippen MR) is 84.2 cm³/mol. The highest BCUT2D eigenvalue weighted by molar-refractivity contribution is 7.81. The Bertz CT molecular complexity index is 886. The van der Waals surface area contributed by atoms with Crippen LogP contribution < -0.4 is 4.31 Å². The van der Waals surface area contributed by atoms with Crippen LogP contribution in [0, 0.1) is 0 Å². The van der Waals surface area contributed by atoms with Gasteiger partial charge in [0, 0.05) is 17.5 Å². The lowest BCUT2D eigenvalue weighted by molar-refractivity contribution is 0.0694. The SMILES string of the molecule is O=C(O)c1ccc(N(c2cc3ccccc3o2)S(=O)O)cc1O. The van der Waals surface area contributed by atoms with Gasteiger partial charge < -0.3 is 14.6 Å². The van der Waals surface area contributed by atoms with Gasteiger partial charge in [0.15, 0.2) is 0 Å². The second kappa shape index (κ2) is 5.75. The van der Waals surface area contributed by atoms with E-state index in [1.165, 1.54) is 6.07 Å². The topological polar surface area (TPSA) is 111 Å². The first-order valence-electron chi connectivity index (χ1n) is 6.43. The summed E-state index contributed by atoms with van der Waals surface area (Å²) in [6.07, 6.45) is 0. The van der Waals surface area contributed by atoms with Gasteiger partial charge in [-0.2, -0.15) is 0 Å². The maximum Gasteiger partial charge on any atom is 0.339 e. The number of carbonyl (C=O) groups is 1. The van der Waals surface area contributed by atoms with E-state index in [0.29, 0.717) is 5.58 Å². The number of hydrogen-bond acceptors (Lipinski definition) is 4. The summed E-state index contributed by atoms with van der Waals surface area (Å²) in [6, 6.07) is 12.2. The molecule has 0 aliphatic carbocycles. The van der Waals surface area contributed by atoms with Crippen molar-refractivity contribution in [3.8, 4) is 5.75 Å². The van der Waals surface area contributed by atoms with E-state index in [-0.39, 0.29) is 17.1 Å². The van der Waals surface area contributed by atoms with Crippen molar-refractivity contribution < 1.29 is 28.2 Å². The summed E-state index contributed by atoms with van der Waals surface area (Å²) in [7, 11) is 0. The van der Waals surface area contributed by atoms with E-state index in [2.05, 4.69) is 0 Å². The number of fused-ring (bicyclic) bond motifs is 1. The minimum absolute atomic E-state index is 0.0921. The van der Waals surface area contributed by atoms with Gasteiger partial charge in [-0.05, 0) is 18.2 Å². The number of aromatic hydroxyl groups is 1. The summed E-state index contributed by atoms with van der Waals surface area (Å²) >= 11 is -2.48. The van der Waals surface area contributed by atoms with Crippen LogP contribution in [0.4, 0.5) is 11.6 Å². The van der Waals surface area contributed by atoms with E-state index in [1.54, 1.807) is 30.3 Å². The third-order valence-electron chi connectivity index (χ3n) is 3.22. The van der Waals surface area contributed by atoms with Crippen molar-refractivity contribution in [2.24, 2.45) is 0 Å². The van der Waals surface area contributed by atoms with Crippen molar-refractivity contribution in [1.82, 2.24) is 0 Å². The van der Waals surface area contributed by atoms with Gasteiger partial charge in [0.25, 0.3) is 11.3 Å². The molecule has 0 aliphatic heterocycles. The monoisotopic (exact) mass is 333 g/mol. The van der Waals surface area contributed by atoms with E-state index >= 15 is 0 Å². The van der Waals surface area contributed by atoms with Crippen LogP contribution in [-0.2, 0) is 11.3 Å². The first kappa shape index (κ1) is 15.1. The first-order valence-corrected chi connectivity index (χ1v) is 7.49. The van der Waals surface area contributed by atoms with Crippen molar-refractivity contribution in [3.63, 3.8) is 0 Å². The van der Waals surface area contributed by atoms with Gasteiger partial charge in [0.2, 0.25) is 5.88 Å². The van der Waals surface area contributed by atoms with E-state index in [4.69, 9.17) is 9.52 Å². The van der Waals surface area contributed by atoms with Crippen LogP contribution in [0.3, 0.4) is 0 Å². The van der Waals surface area contributed by atoms with Crippen LogP contribution in [0.5, 0.6) is 5.75 Å². The molecule has 1 unspecified atom stereocenters. The fourth-order valence-corrected chi connectivity index (χ4v) is 2.73. The summed E-state index contributed by atoms with van der Waals surface area (Å²) in [5.41, 5.74) is 0.346. The van der Waals surface area contributed by atoms with E-state index in [0.717, 1.165) is 21.8 Å². The summed E-state index contributed by atoms with van der Waals surface area (Å²) < 4.78 is 27.7. The quantitative estimate of drug-likeness (QED) is 0.633. The van der Waals surface area contributed by atoms with E-state index in [1.807, 2.05) is 0 Å². The Morgan fingerprint density at radius 1 is 1.13 bits per heavy atom. The number of hydrogen-bond donors (Lipinski definition) is 3. The number of anilines is 2. The molecule has 0 radical (unpaired) electrons. The van der Waals surface area contributed by atoms with Crippen LogP contribution in [-0.4, -0.2) is 24.9 Å². The molecule has 3 N–H and O–H groups in total. The van der Waals surface area contributed by atoms with Gasteiger partial charge in [0.05, 0.1) is 5.69 Å². The van der Waals surface area contributed by atoms with Crippen molar-refractivity contribution in [2.45, 2.75) is 0 Å². The smallest absolute Gasteiger partial charge is 0.339 e. The summed E-state index contributed by atoms with van der Waals surface area (Å²) in [6.45, 7) is 0. The second-order valence-corrected chi connectivity index (χ2v) is 5.48. The van der Waals surface area contributed by atoms with Gasteiger partial charge in [-0.15, -0.1) is 0 Å². The molecule has 0 amide bonds. The van der Waals surface area contributed by atoms with Gasteiger partial charge in [0.1, 0.15) is 16.9 Å². The minimum atomic E-state index is -2.48. The molecule has 8 heteroatoms. The van der Waals surface area contributed by atoms with Crippen molar-refractivity contribution in [3.05, 3.63) is 54.1 Å². The largest absolute Gasteiger partial charge is 0.507 e. The van der Waals surface area contributed by atoms with E-state index in [9.17, 15) is 18.7 Å². The number of nitrogens with zero attached hydrogens (tertiary/aromatic N) is 1. The molecule has 3 aromatic rings. The van der Waals surface area contributed by atoms with Crippen LogP contribution in [0.2, 0.25) is 0 Å². The number of carboxylic acids is 1. The van der Waals surface area contributed by atoms with Crippen LogP contribution in [0.1, 0.15) is 10.4 Å². The molecule has 7 nitrogen and oxygen atoms in total. The number of phenols is 1. The average Bonchev–Trinajstić information content (AvgIpc) is 2.89. The molecule has 0 spiro atoms. The van der Waals surface area contributed by atoms with Crippen LogP contribution in [0.25, 0.3) is 11.0 Å². The highest BCUT2D eigenvalue weighted by Crippen LogP contribution is 2.34. The highest BCUT2D eigenvalue weighted by Gasteiger charge is 2.21. The Balaban J connectivity index is 2.10. The normalized spacial score (nSPS) is 12.2. The molecule has 2 aromatic carbocycles. The average molecular weight is 333 g/mol. The molecular weight excluding hydrogens is 322 g/mol. The fourth-order valence-electron chi connectivity index (χ4n) is 2.19. The van der Waals surface area contributed by atoms with Gasteiger partial charge in [-0.1, -0.05) is 18.2 Å². The predicted octanol–water partition coefficient (Wildman–Crippen LogP) is 3.11. The molecule has 118 valence electrons. The fraction of sp³-hybridized carbons (Fsp3) is 0. The van der Waals surface area contributed by atoms with Gasteiger partial charge >= 0.3 is 5.97 Å². The molecule has 0 saturated carbocycles. The molecule has 0 aliphatic rings. The number of benzene rings is 2. The Morgan fingerprint density at radius 2 is 1.87 bits per heavy atom. The molecular formula is C15H11NO6S. The summed E-state index contributed by atoms with van der Waals surface area (Å²) in [5.74, 6) is -1.72. The first-order chi connectivity index (χ1) is 11.0. The number of rotatable bonds is 4. The van der Waals surface area contributed by atoms with Crippen LogP contribution in [0.15, 0.2) is 52.9 Å². The van der Waals surface area contributed by atoms with Gasteiger partial charge in [-0.25, -0.2) is 13.3 Å². The summed E-state index contributed by atoms with van der Waals surface area (Å²) in [5, 5.41) is 19.4. The number of furan rings is 1. The minimum Gasteiger partial charge on any atom is -0.507 e. The lowest BCUT2D eigenvalue weighted by atomic mass is 10.2. The molecule has 3 rings (SSSR count). The van der Waals surface area contributed by atoms with Crippen molar-refractivity contribution >= 4 is 39.8 Å². The third kappa shape index (κ3) is 2.77. The third-order valence-corrected chi connectivity index (χ3v) is 3.92. The maximum atomic E-state index is 11.7. The molecule has 0 bridgehead atoms. The lowest BCUT2D eigenvalue weighted by Gasteiger charge is -2.17. The standard InChI is InChI=1S/C15H11NO6S/c17-12-8-10(5-6-11(12)15(18)19)16(23(20)21)14-7-9-3-1-2-4-13(9)22-14/h1-8,17H,(H,18,19)(H,20,21). The van der Waals surface area contributed by atoms with Crippen LogP contribution >= 0.6 is 0 Å². The Hall–Kier alpha value is -2.84. The highest BCUT2D eigenvalue weighted by atomic mass is 32.2. The molecule has 0 fully saturated rings. The maximum absolute atomic E-state index is 11.7. The van der Waals surface area contributed by atoms with Crippen molar-refractivity contribution in [1.29, 1.82) is 0 Å².